The molecule has 0 aliphatic rings. The zero-order chi connectivity index (χ0) is 13.2. The predicted molar refractivity (Wildman–Crippen MR) is 74.0 cm³/mol. The van der Waals surface area contributed by atoms with E-state index in [1.165, 1.54) is 11.5 Å². The first-order valence-corrected chi connectivity index (χ1v) is 7.37. The minimum Gasteiger partial charge on any atom is -0.335 e. The van der Waals surface area contributed by atoms with Crippen LogP contribution in [-0.2, 0) is 0 Å². The lowest BCUT2D eigenvalue weighted by Gasteiger charge is -2.33. The molecule has 0 unspecified atom stereocenters. The van der Waals surface area contributed by atoms with Gasteiger partial charge in [0.05, 0.1) is 5.69 Å². The van der Waals surface area contributed by atoms with Crippen LogP contribution in [0.25, 0.3) is 0 Å². The number of carbonyl (C=O) groups excluding carboxylic acids is 1. The zero-order valence-electron chi connectivity index (χ0n) is 10.8. The molecular formula is C11H18BrN3OS. The lowest BCUT2D eigenvalue weighted by Crippen LogP contribution is -2.46. The maximum Gasteiger partial charge on any atom is 0.267 e. The molecule has 17 heavy (non-hydrogen) atoms. The molecule has 0 aliphatic carbocycles. The van der Waals surface area contributed by atoms with Gasteiger partial charge in [0.15, 0.2) is 0 Å². The molecular weight excluding hydrogens is 302 g/mol. The summed E-state index contributed by atoms with van der Waals surface area (Å²) in [5.74, 6) is 0.210. The number of carbonyl (C=O) groups is 1. The Morgan fingerprint density at radius 3 is 2.59 bits per heavy atom. The smallest absolute Gasteiger partial charge is 0.267 e. The molecule has 1 rings (SSSR count). The summed E-state index contributed by atoms with van der Waals surface area (Å²) in [6.45, 7) is 8.07. The first-order chi connectivity index (χ1) is 7.81. The second-order valence-electron chi connectivity index (χ2n) is 4.95. The second-order valence-corrected chi connectivity index (χ2v) is 6.27. The van der Waals surface area contributed by atoms with Crippen LogP contribution in [0.5, 0.6) is 0 Å². The third-order valence-electron chi connectivity index (χ3n) is 2.79. The highest BCUT2D eigenvalue weighted by Crippen LogP contribution is 2.24. The number of alkyl halides is 1. The molecule has 0 aromatic carbocycles. The van der Waals surface area contributed by atoms with Gasteiger partial charge in [-0.3, -0.25) is 4.79 Å². The van der Waals surface area contributed by atoms with Crippen LogP contribution in [-0.4, -0.2) is 38.3 Å². The van der Waals surface area contributed by atoms with Crippen molar-refractivity contribution in [1.82, 2.24) is 14.5 Å². The van der Waals surface area contributed by atoms with Crippen LogP contribution in [0.1, 0.15) is 49.0 Å². The third kappa shape index (κ3) is 3.04. The number of hydrogen-bond acceptors (Lipinski definition) is 4. The van der Waals surface area contributed by atoms with Gasteiger partial charge in [-0.15, -0.1) is 5.10 Å². The topological polar surface area (TPSA) is 46.1 Å². The van der Waals surface area contributed by atoms with Gasteiger partial charge in [-0.05, 0) is 31.3 Å². The predicted octanol–water partition coefficient (Wildman–Crippen LogP) is 2.91. The van der Waals surface area contributed by atoms with Gasteiger partial charge in [0, 0.05) is 17.9 Å². The number of amides is 1. The Hall–Kier alpha value is -0.490. The fraction of sp³-hybridized carbons (Fsp3) is 0.727. The van der Waals surface area contributed by atoms with Crippen molar-refractivity contribution in [2.45, 2.75) is 39.2 Å². The number of hydrogen-bond donors (Lipinski definition) is 0. The minimum absolute atomic E-state index is 0.00634. The number of nitrogens with zero attached hydrogens (tertiary/aromatic N) is 3. The van der Waals surface area contributed by atoms with Crippen molar-refractivity contribution in [3.63, 3.8) is 0 Å². The molecule has 1 amide bonds. The van der Waals surface area contributed by atoms with Crippen LogP contribution in [0.3, 0.4) is 0 Å². The molecule has 0 spiro atoms. The minimum atomic E-state index is -0.227. The highest BCUT2D eigenvalue weighted by atomic mass is 79.9. The summed E-state index contributed by atoms with van der Waals surface area (Å²) in [5.41, 5.74) is 0.562. The van der Waals surface area contributed by atoms with Crippen molar-refractivity contribution in [3.05, 3.63) is 10.6 Å². The number of halogens is 1. The van der Waals surface area contributed by atoms with E-state index in [2.05, 4.69) is 25.5 Å². The molecule has 0 saturated carbocycles. The van der Waals surface area contributed by atoms with Crippen LogP contribution < -0.4 is 0 Å². The summed E-state index contributed by atoms with van der Waals surface area (Å²) < 4.78 is 3.89. The van der Waals surface area contributed by atoms with Crippen molar-refractivity contribution >= 4 is 33.4 Å². The molecule has 0 N–H and O–H groups in total. The summed E-state index contributed by atoms with van der Waals surface area (Å²) in [6.07, 6.45) is 0. The standard InChI is InChI=1S/C11H18BrN3OS/c1-7(2)8-9(17-14-13-8)10(16)15(5)11(3,4)6-12/h7H,6H2,1-5H3. The average molecular weight is 320 g/mol. The van der Waals surface area contributed by atoms with Crippen LogP contribution in [0.15, 0.2) is 0 Å². The fourth-order valence-electron chi connectivity index (χ4n) is 1.24. The molecule has 1 heterocycles. The van der Waals surface area contributed by atoms with Gasteiger partial charge < -0.3 is 4.90 Å². The van der Waals surface area contributed by atoms with Crippen molar-refractivity contribution in [3.8, 4) is 0 Å². The number of rotatable bonds is 4. The number of aromatic nitrogens is 2. The van der Waals surface area contributed by atoms with Gasteiger partial charge in [0.1, 0.15) is 4.88 Å². The van der Waals surface area contributed by atoms with E-state index in [4.69, 9.17) is 0 Å². The van der Waals surface area contributed by atoms with Crippen LogP contribution in [0.2, 0.25) is 0 Å². The van der Waals surface area contributed by atoms with E-state index in [0.29, 0.717) is 4.88 Å². The van der Waals surface area contributed by atoms with E-state index in [-0.39, 0.29) is 17.4 Å². The Labute approximate surface area is 115 Å². The summed E-state index contributed by atoms with van der Waals surface area (Å²) >= 11 is 4.60. The maximum atomic E-state index is 12.4. The molecule has 96 valence electrons. The average Bonchev–Trinajstić information content (AvgIpc) is 2.75. The summed E-state index contributed by atoms with van der Waals surface area (Å²) in [7, 11) is 1.81. The van der Waals surface area contributed by atoms with E-state index >= 15 is 0 Å². The summed E-state index contributed by atoms with van der Waals surface area (Å²) in [6, 6.07) is 0. The highest BCUT2D eigenvalue weighted by Gasteiger charge is 2.30. The van der Waals surface area contributed by atoms with Gasteiger partial charge in [0.2, 0.25) is 0 Å². The van der Waals surface area contributed by atoms with Gasteiger partial charge in [0.25, 0.3) is 5.91 Å². The van der Waals surface area contributed by atoms with Crippen LogP contribution in [0.4, 0.5) is 0 Å². The Morgan fingerprint density at radius 2 is 2.12 bits per heavy atom. The lowest BCUT2D eigenvalue weighted by atomic mass is 10.1. The van der Waals surface area contributed by atoms with Crippen LogP contribution >= 0.6 is 27.5 Å². The van der Waals surface area contributed by atoms with Crippen molar-refractivity contribution < 1.29 is 4.79 Å². The molecule has 1 aromatic heterocycles. The first-order valence-electron chi connectivity index (χ1n) is 5.47. The molecule has 0 atom stereocenters. The fourth-order valence-corrected chi connectivity index (χ4v) is 2.41. The second kappa shape index (κ2) is 5.44. The molecule has 1 aromatic rings. The van der Waals surface area contributed by atoms with Gasteiger partial charge in [-0.1, -0.05) is 34.3 Å². The first kappa shape index (κ1) is 14.6. The van der Waals surface area contributed by atoms with Gasteiger partial charge in [-0.2, -0.15) is 0 Å². The molecule has 0 aliphatic heterocycles. The summed E-state index contributed by atoms with van der Waals surface area (Å²) in [5, 5.41) is 4.76. The maximum absolute atomic E-state index is 12.4. The Kier molecular flexibility index (Phi) is 4.66. The van der Waals surface area contributed by atoms with Gasteiger partial charge >= 0.3 is 0 Å². The highest BCUT2D eigenvalue weighted by molar-refractivity contribution is 9.09. The van der Waals surface area contributed by atoms with Crippen molar-refractivity contribution in [1.29, 1.82) is 0 Å². The van der Waals surface area contributed by atoms with Crippen LogP contribution in [0, 0.1) is 0 Å². The van der Waals surface area contributed by atoms with E-state index in [1.807, 2.05) is 34.7 Å². The SMILES string of the molecule is CC(C)c1nnsc1C(=O)N(C)C(C)(C)CBr. The molecule has 0 radical (unpaired) electrons. The third-order valence-corrected chi connectivity index (χ3v) is 4.90. The molecule has 0 fully saturated rings. The van der Waals surface area contributed by atoms with E-state index in [0.717, 1.165) is 11.0 Å². The normalized spacial score (nSPS) is 11.9. The van der Waals surface area contributed by atoms with E-state index < -0.39 is 0 Å². The molecule has 0 saturated heterocycles. The largest absolute Gasteiger partial charge is 0.335 e. The van der Waals surface area contributed by atoms with E-state index in [9.17, 15) is 4.79 Å². The molecule has 4 nitrogen and oxygen atoms in total. The lowest BCUT2D eigenvalue weighted by molar-refractivity contribution is 0.0667. The monoisotopic (exact) mass is 319 g/mol. The van der Waals surface area contributed by atoms with Crippen molar-refractivity contribution in [2.24, 2.45) is 0 Å². The zero-order valence-corrected chi connectivity index (χ0v) is 13.2. The Bertz CT molecular complexity index is 403. The Balaban J connectivity index is 3.01. The summed E-state index contributed by atoms with van der Waals surface area (Å²) in [4.78, 5) is 14.8. The Morgan fingerprint density at radius 1 is 1.53 bits per heavy atom. The van der Waals surface area contributed by atoms with Gasteiger partial charge in [-0.25, -0.2) is 0 Å². The quantitative estimate of drug-likeness (QED) is 0.802. The van der Waals surface area contributed by atoms with Crippen molar-refractivity contribution in [2.75, 3.05) is 12.4 Å². The molecule has 6 heteroatoms. The van der Waals surface area contributed by atoms with E-state index in [1.54, 1.807) is 4.90 Å². The molecule has 0 bridgehead atoms.